The van der Waals surface area contributed by atoms with Gasteiger partial charge in [-0.3, -0.25) is 9.69 Å². The van der Waals surface area contributed by atoms with Gasteiger partial charge in [0.2, 0.25) is 5.91 Å². The fourth-order valence-electron chi connectivity index (χ4n) is 2.31. The molecule has 1 saturated heterocycles. The van der Waals surface area contributed by atoms with Crippen LogP contribution >= 0.6 is 0 Å². The summed E-state index contributed by atoms with van der Waals surface area (Å²) in [6, 6.07) is 7.58. The highest BCUT2D eigenvalue weighted by Crippen LogP contribution is 2.16. The van der Waals surface area contributed by atoms with E-state index < -0.39 is 0 Å². The Kier molecular flexibility index (Phi) is 5.38. The predicted molar refractivity (Wildman–Crippen MR) is 76.7 cm³/mol. The van der Waals surface area contributed by atoms with Gasteiger partial charge in [0.1, 0.15) is 5.75 Å². The molecule has 1 N–H and O–H groups in total. The van der Waals surface area contributed by atoms with Crippen LogP contribution in [0, 0.1) is 0 Å². The quantitative estimate of drug-likeness (QED) is 0.874. The van der Waals surface area contributed by atoms with E-state index in [4.69, 9.17) is 9.47 Å². The standard InChI is InChI=1S/C15H22N2O3/c1-12(17-7-9-20-10-8-17)15(18)16-11-13-5-3-4-6-14(13)19-2/h3-6,12H,7-11H2,1-2H3,(H,16,18). The minimum atomic E-state index is -0.131. The summed E-state index contributed by atoms with van der Waals surface area (Å²) in [6.45, 7) is 5.43. The first kappa shape index (κ1) is 14.8. The van der Waals surface area contributed by atoms with Gasteiger partial charge < -0.3 is 14.8 Å². The van der Waals surface area contributed by atoms with Crippen molar-refractivity contribution in [3.8, 4) is 5.75 Å². The number of morpholine rings is 1. The molecule has 0 aromatic heterocycles. The molecule has 5 heteroatoms. The second-order valence-corrected chi connectivity index (χ2v) is 4.85. The van der Waals surface area contributed by atoms with Crippen molar-refractivity contribution >= 4 is 5.91 Å². The van der Waals surface area contributed by atoms with Gasteiger partial charge in [-0.15, -0.1) is 0 Å². The first-order valence-corrected chi connectivity index (χ1v) is 6.93. The van der Waals surface area contributed by atoms with Gasteiger partial charge in [0, 0.05) is 25.2 Å². The van der Waals surface area contributed by atoms with Gasteiger partial charge in [0.05, 0.1) is 26.4 Å². The van der Waals surface area contributed by atoms with Gasteiger partial charge in [-0.2, -0.15) is 0 Å². The van der Waals surface area contributed by atoms with Crippen LogP contribution in [0.4, 0.5) is 0 Å². The van der Waals surface area contributed by atoms with Crippen molar-refractivity contribution in [3.05, 3.63) is 29.8 Å². The Hall–Kier alpha value is -1.59. The summed E-state index contributed by atoms with van der Waals surface area (Å²) in [6.07, 6.45) is 0. The maximum atomic E-state index is 12.2. The number of nitrogens with zero attached hydrogens (tertiary/aromatic N) is 1. The number of benzene rings is 1. The number of ether oxygens (including phenoxy) is 2. The molecule has 110 valence electrons. The Morgan fingerprint density at radius 2 is 2.10 bits per heavy atom. The molecule has 0 bridgehead atoms. The molecule has 0 saturated carbocycles. The minimum absolute atomic E-state index is 0.0396. The maximum absolute atomic E-state index is 12.2. The third-order valence-electron chi connectivity index (χ3n) is 3.62. The molecule has 1 amide bonds. The van der Waals surface area contributed by atoms with E-state index in [0.29, 0.717) is 19.8 Å². The minimum Gasteiger partial charge on any atom is -0.496 e. The van der Waals surface area contributed by atoms with Crippen LogP contribution in [0.15, 0.2) is 24.3 Å². The highest BCUT2D eigenvalue weighted by Gasteiger charge is 2.22. The summed E-state index contributed by atoms with van der Waals surface area (Å²) in [4.78, 5) is 14.3. The number of hydrogen-bond donors (Lipinski definition) is 1. The van der Waals surface area contributed by atoms with E-state index in [-0.39, 0.29) is 11.9 Å². The van der Waals surface area contributed by atoms with Crippen molar-refractivity contribution < 1.29 is 14.3 Å². The number of hydrogen-bond acceptors (Lipinski definition) is 4. The molecule has 1 aliphatic heterocycles. The van der Waals surface area contributed by atoms with Gasteiger partial charge in [0.25, 0.3) is 0 Å². The van der Waals surface area contributed by atoms with Crippen molar-refractivity contribution in [1.29, 1.82) is 0 Å². The lowest BCUT2D eigenvalue weighted by Crippen LogP contribution is -2.49. The Morgan fingerprint density at radius 3 is 2.80 bits per heavy atom. The zero-order chi connectivity index (χ0) is 14.4. The zero-order valence-corrected chi connectivity index (χ0v) is 12.1. The van der Waals surface area contributed by atoms with Crippen LogP contribution in [-0.2, 0) is 16.1 Å². The Labute approximate surface area is 119 Å². The molecular weight excluding hydrogens is 256 g/mol. The zero-order valence-electron chi connectivity index (χ0n) is 12.1. The van der Waals surface area contributed by atoms with Crippen LogP contribution < -0.4 is 10.1 Å². The molecule has 1 aromatic carbocycles. The molecule has 0 spiro atoms. The van der Waals surface area contributed by atoms with Crippen molar-refractivity contribution in [1.82, 2.24) is 10.2 Å². The number of rotatable bonds is 5. The lowest BCUT2D eigenvalue weighted by atomic mass is 10.2. The van der Waals surface area contributed by atoms with E-state index in [1.807, 2.05) is 31.2 Å². The van der Waals surface area contributed by atoms with Crippen LogP contribution in [0.2, 0.25) is 0 Å². The summed E-state index contributed by atoms with van der Waals surface area (Å²) in [5.41, 5.74) is 0.984. The van der Waals surface area contributed by atoms with Crippen molar-refractivity contribution in [2.45, 2.75) is 19.5 Å². The first-order valence-electron chi connectivity index (χ1n) is 6.93. The van der Waals surface area contributed by atoms with Crippen LogP contribution in [0.5, 0.6) is 5.75 Å². The normalized spacial score (nSPS) is 17.5. The topological polar surface area (TPSA) is 50.8 Å². The largest absolute Gasteiger partial charge is 0.496 e. The molecule has 1 unspecified atom stereocenters. The molecule has 20 heavy (non-hydrogen) atoms. The Bertz CT molecular complexity index is 444. The van der Waals surface area contributed by atoms with Gasteiger partial charge in [-0.05, 0) is 13.0 Å². The van der Waals surface area contributed by atoms with Crippen LogP contribution in [0.1, 0.15) is 12.5 Å². The van der Waals surface area contributed by atoms with Crippen LogP contribution in [0.3, 0.4) is 0 Å². The number of para-hydroxylation sites is 1. The highest BCUT2D eigenvalue weighted by atomic mass is 16.5. The molecular formula is C15H22N2O3. The van der Waals surface area contributed by atoms with E-state index in [2.05, 4.69) is 10.2 Å². The third kappa shape index (κ3) is 3.71. The first-order chi connectivity index (χ1) is 9.72. The SMILES string of the molecule is COc1ccccc1CNC(=O)C(C)N1CCOCC1. The number of carbonyl (C=O) groups is 1. The molecule has 0 aliphatic carbocycles. The molecule has 1 aliphatic rings. The average Bonchev–Trinajstić information content (AvgIpc) is 2.53. The van der Waals surface area contributed by atoms with Crippen molar-refractivity contribution in [2.75, 3.05) is 33.4 Å². The van der Waals surface area contributed by atoms with Gasteiger partial charge in [0.15, 0.2) is 0 Å². The Balaban J connectivity index is 1.87. The smallest absolute Gasteiger partial charge is 0.237 e. The fourth-order valence-corrected chi connectivity index (χ4v) is 2.31. The van der Waals surface area contributed by atoms with E-state index in [1.54, 1.807) is 7.11 Å². The van der Waals surface area contributed by atoms with E-state index in [9.17, 15) is 4.79 Å². The van der Waals surface area contributed by atoms with Crippen LogP contribution in [-0.4, -0.2) is 50.3 Å². The van der Waals surface area contributed by atoms with E-state index >= 15 is 0 Å². The van der Waals surface area contributed by atoms with Crippen molar-refractivity contribution in [3.63, 3.8) is 0 Å². The maximum Gasteiger partial charge on any atom is 0.237 e. The number of carbonyl (C=O) groups excluding carboxylic acids is 1. The van der Waals surface area contributed by atoms with Crippen LogP contribution in [0.25, 0.3) is 0 Å². The lowest BCUT2D eigenvalue weighted by Gasteiger charge is -2.31. The monoisotopic (exact) mass is 278 g/mol. The second kappa shape index (κ2) is 7.26. The summed E-state index contributed by atoms with van der Waals surface area (Å²) in [7, 11) is 1.64. The molecule has 1 heterocycles. The molecule has 1 atom stereocenters. The molecule has 1 fully saturated rings. The second-order valence-electron chi connectivity index (χ2n) is 4.85. The highest BCUT2D eigenvalue weighted by molar-refractivity contribution is 5.81. The van der Waals surface area contributed by atoms with Gasteiger partial charge in [-0.25, -0.2) is 0 Å². The molecule has 5 nitrogen and oxygen atoms in total. The molecule has 1 aromatic rings. The molecule has 0 radical (unpaired) electrons. The average molecular weight is 278 g/mol. The summed E-state index contributed by atoms with van der Waals surface area (Å²) >= 11 is 0. The number of nitrogens with one attached hydrogen (secondary N) is 1. The van der Waals surface area contributed by atoms with E-state index in [1.165, 1.54) is 0 Å². The summed E-state index contributed by atoms with van der Waals surface area (Å²) in [5.74, 6) is 0.838. The van der Waals surface area contributed by atoms with Crippen molar-refractivity contribution in [2.24, 2.45) is 0 Å². The van der Waals surface area contributed by atoms with Gasteiger partial charge >= 0.3 is 0 Å². The van der Waals surface area contributed by atoms with E-state index in [0.717, 1.165) is 24.4 Å². The van der Waals surface area contributed by atoms with Gasteiger partial charge in [-0.1, -0.05) is 18.2 Å². The predicted octanol–water partition coefficient (Wildman–Crippen LogP) is 1.03. The molecule has 2 rings (SSSR count). The Morgan fingerprint density at radius 1 is 1.40 bits per heavy atom. The summed E-state index contributed by atoms with van der Waals surface area (Å²) < 4.78 is 10.6. The number of methoxy groups -OCH3 is 1. The lowest BCUT2D eigenvalue weighted by molar-refractivity contribution is -0.127. The fraction of sp³-hybridized carbons (Fsp3) is 0.533. The summed E-state index contributed by atoms with van der Waals surface area (Å²) in [5, 5.41) is 2.97. The number of amides is 1. The third-order valence-corrected chi connectivity index (χ3v) is 3.62.